The van der Waals surface area contributed by atoms with Crippen LogP contribution in [0.5, 0.6) is 0 Å². The van der Waals surface area contributed by atoms with Crippen LogP contribution in [-0.4, -0.2) is 33.3 Å². The van der Waals surface area contributed by atoms with Gasteiger partial charge in [0.25, 0.3) is 0 Å². The molecule has 0 aliphatic rings. The Labute approximate surface area is 135 Å². The maximum atomic E-state index is 12.1. The molecule has 2 atom stereocenters. The average molecular weight is 315 g/mol. The zero-order valence-corrected chi connectivity index (χ0v) is 13.3. The summed E-state index contributed by atoms with van der Waals surface area (Å²) < 4.78 is 1.53. The van der Waals surface area contributed by atoms with Crippen LogP contribution in [0.15, 0.2) is 42.7 Å². The topological polar surface area (TPSA) is 84.2 Å². The van der Waals surface area contributed by atoms with E-state index in [1.165, 1.54) is 4.68 Å². The lowest BCUT2D eigenvalue weighted by molar-refractivity contribution is -0.141. The number of aryl methyl sites for hydroxylation is 1. The van der Waals surface area contributed by atoms with E-state index in [0.717, 1.165) is 11.1 Å². The number of carbonyl (C=O) groups excluding carboxylic acids is 1. The molecule has 1 aromatic carbocycles. The largest absolute Gasteiger partial charge is 0.481 e. The molecule has 0 aliphatic carbocycles. The van der Waals surface area contributed by atoms with E-state index in [-0.39, 0.29) is 12.5 Å². The van der Waals surface area contributed by atoms with Gasteiger partial charge in [-0.25, -0.2) is 0 Å². The summed E-state index contributed by atoms with van der Waals surface area (Å²) >= 11 is 0. The van der Waals surface area contributed by atoms with E-state index in [2.05, 4.69) is 10.4 Å². The van der Waals surface area contributed by atoms with Crippen molar-refractivity contribution in [3.63, 3.8) is 0 Å². The highest BCUT2D eigenvalue weighted by Crippen LogP contribution is 2.11. The minimum atomic E-state index is -0.918. The molecular formula is C17H21N3O3. The third kappa shape index (κ3) is 4.67. The summed E-state index contributed by atoms with van der Waals surface area (Å²) in [5.41, 5.74) is 2.04. The maximum Gasteiger partial charge on any atom is 0.308 e. The Morgan fingerprint density at radius 3 is 2.74 bits per heavy atom. The van der Waals surface area contributed by atoms with Crippen LogP contribution in [-0.2, 0) is 16.0 Å². The molecule has 6 nitrogen and oxygen atoms in total. The second-order valence-electron chi connectivity index (χ2n) is 5.64. The van der Waals surface area contributed by atoms with Gasteiger partial charge in [-0.15, -0.1) is 0 Å². The molecule has 122 valence electrons. The third-order valence-corrected chi connectivity index (χ3v) is 3.74. The lowest BCUT2D eigenvalue weighted by Crippen LogP contribution is -2.37. The molecule has 0 radical (unpaired) electrons. The molecule has 1 amide bonds. The predicted octanol–water partition coefficient (Wildman–Crippen LogP) is 1.81. The number of carbonyl (C=O) groups is 2. The van der Waals surface area contributed by atoms with Gasteiger partial charge in [-0.3, -0.25) is 14.3 Å². The molecule has 1 heterocycles. The van der Waals surface area contributed by atoms with Crippen molar-refractivity contribution in [3.05, 3.63) is 53.9 Å². The van der Waals surface area contributed by atoms with Gasteiger partial charge in [0.05, 0.1) is 5.92 Å². The van der Waals surface area contributed by atoms with Gasteiger partial charge < -0.3 is 10.4 Å². The number of carboxylic acid groups (broad SMARTS) is 1. The van der Waals surface area contributed by atoms with Crippen molar-refractivity contribution in [1.82, 2.24) is 15.1 Å². The normalized spacial score (nSPS) is 13.3. The molecule has 23 heavy (non-hydrogen) atoms. The fourth-order valence-electron chi connectivity index (χ4n) is 2.37. The molecular weight excluding hydrogens is 294 g/mol. The third-order valence-electron chi connectivity index (χ3n) is 3.74. The van der Waals surface area contributed by atoms with E-state index in [1.807, 2.05) is 31.2 Å². The molecule has 0 fully saturated rings. The zero-order valence-electron chi connectivity index (χ0n) is 13.3. The van der Waals surface area contributed by atoms with E-state index in [4.69, 9.17) is 0 Å². The van der Waals surface area contributed by atoms with Crippen molar-refractivity contribution in [2.24, 2.45) is 5.92 Å². The number of hydrogen-bond donors (Lipinski definition) is 2. The van der Waals surface area contributed by atoms with Crippen LogP contribution >= 0.6 is 0 Å². The number of nitrogens with one attached hydrogen (secondary N) is 1. The number of carboxylic acids is 1. The van der Waals surface area contributed by atoms with Crippen molar-refractivity contribution in [2.45, 2.75) is 26.3 Å². The fourth-order valence-corrected chi connectivity index (χ4v) is 2.37. The molecule has 0 unspecified atom stereocenters. The molecule has 0 saturated heterocycles. The average Bonchev–Trinajstić information content (AvgIpc) is 3.04. The summed E-state index contributed by atoms with van der Waals surface area (Å²) in [5.74, 6) is -1.83. The highest BCUT2D eigenvalue weighted by Gasteiger charge is 2.21. The molecule has 6 heteroatoms. The van der Waals surface area contributed by atoms with Crippen LogP contribution in [0.3, 0.4) is 0 Å². The van der Waals surface area contributed by atoms with Crippen molar-refractivity contribution in [3.8, 4) is 0 Å². The van der Waals surface area contributed by atoms with E-state index in [9.17, 15) is 14.7 Å². The first-order valence-electron chi connectivity index (χ1n) is 7.52. The first-order chi connectivity index (χ1) is 11.0. The Morgan fingerprint density at radius 2 is 2.13 bits per heavy atom. The van der Waals surface area contributed by atoms with Crippen molar-refractivity contribution < 1.29 is 14.7 Å². The number of hydrogen-bond acceptors (Lipinski definition) is 3. The van der Waals surface area contributed by atoms with E-state index in [1.54, 1.807) is 25.4 Å². The number of benzene rings is 1. The standard InChI is InChI=1S/C17H21N3O3/c1-12-5-3-6-14(9-12)10-15(17(22)23)11-18-16(21)13(2)20-8-4-7-19-20/h3-9,13,15H,10-11H2,1-2H3,(H,18,21)(H,22,23)/t13-,15+/m1/s1. The summed E-state index contributed by atoms with van der Waals surface area (Å²) in [7, 11) is 0. The van der Waals surface area contributed by atoms with Gasteiger partial charge >= 0.3 is 5.97 Å². The first-order valence-corrected chi connectivity index (χ1v) is 7.52. The van der Waals surface area contributed by atoms with Crippen molar-refractivity contribution >= 4 is 11.9 Å². The maximum absolute atomic E-state index is 12.1. The highest BCUT2D eigenvalue weighted by atomic mass is 16.4. The number of aromatic nitrogens is 2. The van der Waals surface area contributed by atoms with Gasteiger partial charge in [0.2, 0.25) is 5.91 Å². The minimum absolute atomic E-state index is 0.0910. The molecule has 0 spiro atoms. The van der Waals surface area contributed by atoms with Crippen LogP contribution in [0, 0.1) is 12.8 Å². The molecule has 0 bridgehead atoms. The number of aliphatic carboxylic acids is 1. The second-order valence-corrected chi connectivity index (χ2v) is 5.64. The summed E-state index contributed by atoms with van der Waals surface area (Å²) in [6.07, 6.45) is 3.68. The van der Waals surface area contributed by atoms with Crippen LogP contribution in [0.4, 0.5) is 0 Å². The van der Waals surface area contributed by atoms with Crippen LogP contribution in [0.25, 0.3) is 0 Å². The lowest BCUT2D eigenvalue weighted by Gasteiger charge is -2.17. The van der Waals surface area contributed by atoms with Crippen molar-refractivity contribution in [1.29, 1.82) is 0 Å². The SMILES string of the molecule is Cc1cccc(C[C@@H](CNC(=O)[C@@H](C)n2cccn2)C(=O)O)c1. The van der Waals surface area contributed by atoms with Gasteiger partial charge in [-0.2, -0.15) is 5.10 Å². The Morgan fingerprint density at radius 1 is 1.35 bits per heavy atom. The summed E-state index contributed by atoms with van der Waals surface area (Å²) in [4.78, 5) is 23.5. The van der Waals surface area contributed by atoms with E-state index >= 15 is 0 Å². The van der Waals surface area contributed by atoms with Crippen LogP contribution in [0.1, 0.15) is 24.1 Å². The molecule has 2 aromatic rings. The Kier molecular flexibility index (Phi) is 5.51. The van der Waals surface area contributed by atoms with Crippen LogP contribution in [0.2, 0.25) is 0 Å². The lowest BCUT2D eigenvalue weighted by atomic mass is 9.98. The van der Waals surface area contributed by atoms with Gasteiger partial charge in [-0.05, 0) is 31.9 Å². The van der Waals surface area contributed by atoms with Gasteiger partial charge in [-0.1, -0.05) is 29.8 Å². The second kappa shape index (κ2) is 7.58. The van der Waals surface area contributed by atoms with E-state index < -0.39 is 17.9 Å². The minimum Gasteiger partial charge on any atom is -0.481 e. The molecule has 2 rings (SSSR count). The van der Waals surface area contributed by atoms with Gasteiger partial charge in [0, 0.05) is 18.9 Å². The number of amides is 1. The molecule has 0 saturated carbocycles. The van der Waals surface area contributed by atoms with E-state index in [0.29, 0.717) is 6.42 Å². The zero-order chi connectivity index (χ0) is 16.8. The van der Waals surface area contributed by atoms with Gasteiger partial charge in [0.1, 0.15) is 6.04 Å². The number of rotatable bonds is 7. The number of nitrogens with zero attached hydrogens (tertiary/aromatic N) is 2. The molecule has 0 aliphatic heterocycles. The molecule has 1 aromatic heterocycles. The summed E-state index contributed by atoms with van der Waals surface area (Å²) in [5, 5.41) is 16.1. The highest BCUT2D eigenvalue weighted by molar-refractivity contribution is 5.80. The van der Waals surface area contributed by atoms with Crippen molar-refractivity contribution in [2.75, 3.05) is 6.54 Å². The summed E-state index contributed by atoms with van der Waals surface area (Å²) in [6, 6.07) is 9.00. The predicted molar refractivity (Wildman–Crippen MR) is 86.0 cm³/mol. The quantitative estimate of drug-likeness (QED) is 0.816. The Bertz CT molecular complexity index is 667. The first kappa shape index (κ1) is 16.7. The van der Waals surface area contributed by atoms with Gasteiger partial charge in [0.15, 0.2) is 0 Å². The Hall–Kier alpha value is -2.63. The monoisotopic (exact) mass is 315 g/mol. The van der Waals surface area contributed by atoms with Crippen LogP contribution < -0.4 is 5.32 Å². The molecule has 2 N–H and O–H groups in total. The fraction of sp³-hybridized carbons (Fsp3) is 0.353. The summed E-state index contributed by atoms with van der Waals surface area (Å²) in [6.45, 7) is 3.78. The smallest absolute Gasteiger partial charge is 0.308 e. The Balaban J connectivity index is 1.94.